The van der Waals surface area contributed by atoms with Crippen molar-refractivity contribution in [3.05, 3.63) is 52.3 Å². The first-order valence-corrected chi connectivity index (χ1v) is 8.78. The largest absolute Gasteiger partial charge is 0.308 e. The van der Waals surface area contributed by atoms with Crippen LogP contribution in [0.2, 0.25) is 0 Å². The third-order valence-electron chi connectivity index (χ3n) is 3.80. The van der Waals surface area contributed by atoms with Gasteiger partial charge < -0.3 is 10.2 Å². The zero-order valence-electron chi connectivity index (χ0n) is 14.5. The Hall–Kier alpha value is -2.25. The predicted octanol–water partition coefficient (Wildman–Crippen LogP) is 3.32. The molecule has 0 unspecified atom stereocenters. The molecule has 3 rings (SSSR count). The topological polar surface area (TPSA) is 63.1 Å². The van der Waals surface area contributed by atoms with Crippen LogP contribution in [0.15, 0.2) is 41.0 Å². The average Bonchev–Trinajstić information content (AvgIpc) is 3.00. The summed E-state index contributed by atoms with van der Waals surface area (Å²) in [7, 11) is 4.03. The van der Waals surface area contributed by atoms with Crippen LogP contribution < -0.4 is 5.32 Å². The Kier molecular flexibility index (Phi) is 5.15. The smallest absolute Gasteiger partial charge is 0.257 e. The summed E-state index contributed by atoms with van der Waals surface area (Å²) >= 11 is 3.45. The molecule has 1 aromatic carbocycles. The Morgan fingerprint density at radius 3 is 2.84 bits per heavy atom. The summed E-state index contributed by atoms with van der Waals surface area (Å²) in [5, 5.41) is 8.09. The van der Waals surface area contributed by atoms with Crippen molar-refractivity contribution in [3.63, 3.8) is 0 Å². The lowest BCUT2D eigenvalue weighted by atomic mass is 10.1. The van der Waals surface area contributed by atoms with Gasteiger partial charge in [-0.1, -0.05) is 15.9 Å². The molecular weight excluding hydrogens is 382 g/mol. The number of nitrogens with one attached hydrogen (secondary N) is 1. The van der Waals surface area contributed by atoms with Gasteiger partial charge in [-0.15, -0.1) is 0 Å². The monoisotopic (exact) mass is 401 g/mol. The summed E-state index contributed by atoms with van der Waals surface area (Å²) in [5.74, 6) is 0.354. The fourth-order valence-electron chi connectivity index (χ4n) is 2.56. The quantitative estimate of drug-likeness (QED) is 0.711. The summed E-state index contributed by atoms with van der Waals surface area (Å²) in [4.78, 5) is 19.3. The number of aromatic nitrogens is 3. The molecule has 1 amide bonds. The van der Waals surface area contributed by atoms with Crippen LogP contribution in [-0.4, -0.2) is 46.2 Å². The van der Waals surface area contributed by atoms with Crippen molar-refractivity contribution in [1.82, 2.24) is 19.7 Å². The maximum atomic E-state index is 12.8. The zero-order valence-corrected chi connectivity index (χ0v) is 16.0. The van der Waals surface area contributed by atoms with E-state index < -0.39 is 0 Å². The summed E-state index contributed by atoms with van der Waals surface area (Å²) in [5.41, 5.74) is 2.19. The van der Waals surface area contributed by atoms with Crippen molar-refractivity contribution >= 4 is 38.6 Å². The first-order valence-electron chi connectivity index (χ1n) is 7.99. The average molecular weight is 402 g/mol. The number of hydrogen-bond acceptors (Lipinski definition) is 4. The fourth-order valence-corrected chi connectivity index (χ4v) is 2.92. The maximum Gasteiger partial charge on any atom is 0.257 e. The van der Waals surface area contributed by atoms with Crippen molar-refractivity contribution in [2.24, 2.45) is 0 Å². The van der Waals surface area contributed by atoms with Gasteiger partial charge in [0.2, 0.25) is 0 Å². The predicted molar refractivity (Wildman–Crippen MR) is 103 cm³/mol. The van der Waals surface area contributed by atoms with E-state index in [9.17, 15) is 4.79 Å². The third-order valence-corrected chi connectivity index (χ3v) is 4.30. The second kappa shape index (κ2) is 7.33. The van der Waals surface area contributed by atoms with E-state index in [0.29, 0.717) is 11.4 Å². The highest BCUT2D eigenvalue weighted by Gasteiger charge is 2.14. The van der Waals surface area contributed by atoms with Crippen LogP contribution in [0.1, 0.15) is 16.1 Å². The molecule has 0 aliphatic heterocycles. The minimum Gasteiger partial charge on any atom is -0.308 e. The number of pyridine rings is 1. The molecule has 0 spiro atoms. The van der Waals surface area contributed by atoms with Crippen molar-refractivity contribution in [2.45, 2.75) is 13.5 Å². The molecule has 0 radical (unpaired) electrons. The van der Waals surface area contributed by atoms with E-state index in [1.165, 1.54) is 0 Å². The van der Waals surface area contributed by atoms with Gasteiger partial charge in [-0.2, -0.15) is 5.10 Å². The molecule has 0 bridgehead atoms. The molecule has 3 aromatic rings. The highest BCUT2D eigenvalue weighted by molar-refractivity contribution is 9.10. The Labute approximate surface area is 155 Å². The van der Waals surface area contributed by atoms with E-state index in [1.54, 1.807) is 12.1 Å². The van der Waals surface area contributed by atoms with Crippen LogP contribution in [-0.2, 0) is 6.54 Å². The zero-order chi connectivity index (χ0) is 18.0. The number of amides is 1. The van der Waals surface area contributed by atoms with Crippen LogP contribution in [0, 0.1) is 6.92 Å². The summed E-state index contributed by atoms with van der Waals surface area (Å²) < 4.78 is 2.73. The molecule has 0 saturated heterocycles. The Bertz CT molecular complexity index is 919. The van der Waals surface area contributed by atoms with E-state index >= 15 is 0 Å². The van der Waals surface area contributed by atoms with Gasteiger partial charge in [0.05, 0.1) is 17.6 Å². The van der Waals surface area contributed by atoms with E-state index in [1.807, 2.05) is 50.1 Å². The van der Waals surface area contributed by atoms with Crippen molar-refractivity contribution in [1.29, 1.82) is 0 Å². The molecule has 7 heteroatoms. The van der Waals surface area contributed by atoms with Gasteiger partial charge in [0.25, 0.3) is 5.91 Å². The molecular formula is C18H20BrN5O. The number of likely N-dealkylation sites (N-methyl/N-ethyl adjacent to an activating group) is 1. The van der Waals surface area contributed by atoms with Crippen molar-refractivity contribution in [2.75, 3.05) is 26.0 Å². The standard InChI is InChI=1S/C18H20BrN5O/c1-12-10-15(14-11-13(19)4-5-16(14)20-12)18(25)21-17-6-7-24(22-17)9-8-23(2)3/h4-7,10-11H,8-9H2,1-3H3,(H,21,22,25). The van der Waals surface area contributed by atoms with E-state index in [4.69, 9.17) is 0 Å². The van der Waals surface area contributed by atoms with Crippen molar-refractivity contribution < 1.29 is 4.79 Å². The molecule has 0 saturated carbocycles. The van der Waals surface area contributed by atoms with E-state index in [2.05, 4.69) is 36.2 Å². The maximum absolute atomic E-state index is 12.8. The number of fused-ring (bicyclic) bond motifs is 1. The lowest BCUT2D eigenvalue weighted by molar-refractivity contribution is 0.102. The number of halogens is 1. The number of benzene rings is 1. The van der Waals surface area contributed by atoms with E-state index in [0.717, 1.165) is 34.2 Å². The molecule has 0 aliphatic carbocycles. The Morgan fingerprint density at radius 1 is 1.28 bits per heavy atom. The fraction of sp³-hybridized carbons (Fsp3) is 0.278. The van der Waals surface area contributed by atoms with Crippen LogP contribution in [0.4, 0.5) is 5.82 Å². The van der Waals surface area contributed by atoms with Crippen LogP contribution >= 0.6 is 15.9 Å². The second-order valence-corrected chi connectivity index (χ2v) is 7.11. The second-order valence-electron chi connectivity index (χ2n) is 6.19. The first kappa shape index (κ1) is 17.6. The minimum absolute atomic E-state index is 0.188. The number of rotatable bonds is 5. The highest BCUT2D eigenvalue weighted by atomic mass is 79.9. The number of carbonyl (C=O) groups excluding carboxylic acids is 1. The van der Waals surface area contributed by atoms with Crippen LogP contribution in [0.25, 0.3) is 10.9 Å². The molecule has 2 heterocycles. The van der Waals surface area contributed by atoms with Crippen molar-refractivity contribution in [3.8, 4) is 0 Å². The van der Waals surface area contributed by atoms with Crippen LogP contribution in [0.3, 0.4) is 0 Å². The van der Waals surface area contributed by atoms with Gasteiger partial charge in [0.15, 0.2) is 5.82 Å². The third kappa shape index (κ3) is 4.24. The molecule has 130 valence electrons. The number of hydrogen-bond donors (Lipinski definition) is 1. The minimum atomic E-state index is -0.188. The number of nitrogens with zero attached hydrogens (tertiary/aromatic N) is 4. The van der Waals surface area contributed by atoms with Gasteiger partial charge in [0, 0.05) is 34.4 Å². The molecule has 6 nitrogen and oxygen atoms in total. The molecule has 2 aromatic heterocycles. The number of anilines is 1. The van der Waals surface area contributed by atoms with Gasteiger partial charge in [-0.05, 0) is 45.3 Å². The van der Waals surface area contributed by atoms with Gasteiger partial charge in [-0.3, -0.25) is 14.5 Å². The first-order chi connectivity index (χ1) is 11.9. The highest BCUT2D eigenvalue weighted by Crippen LogP contribution is 2.23. The van der Waals surface area contributed by atoms with Gasteiger partial charge >= 0.3 is 0 Å². The molecule has 0 aliphatic rings. The van der Waals surface area contributed by atoms with Crippen LogP contribution in [0.5, 0.6) is 0 Å². The summed E-state index contributed by atoms with van der Waals surface area (Å²) in [6.45, 7) is 3.54. The van der Waals surface area contributed by atoms with Gasteiger partial charge in [-0.25, -0.2) is 0 Å². The molecule has 1 N–H and O–H groups in total. The SMILES string of the molecule is Cc1cc(C(=O)Nc2ccn(CCN(C)C)n2)c2cc(Br)ccc2n1. The number of aryl methyl sites for hydroxylation is 1. The molecule has 0 fully saturated rings. The van der Waals surface area contributed by atoms with E-state index in [-0.39, 0.29) is 5.91 Å². The lowest BCUT2D eigenvalue weighted by Gasteiger charge is -2.09. The lowest BCUT2D eigenvalue weighted by Crippen LogP contribution is -2.19. The molecule has 25 heavy (non-hydrogen) atoms. The molecule has 0 atom stereocenters. The van der Waals surface area contributed by atoms with Gasteiger partial charge in [0.1, 0.15) is 0 Å². The Morgan fingerprint density at radius 2 is 2.08 bits per heavy atom. The number of carbonyl (C=O) groups is 1. The summed E-state index contributed by atoms with van der Waals surface area (Å²) in [6.07, 6.45) is 1.87. The Balaban J connectivity index is 1.84. The summed E-state index contributed by atoms with van der Waals surface area (Å²) in [6, 6.07) is 9.33. The normalized spacial score (nSPS) is 11.2.